The summed E-state index contributed by atoms with van der Waals surface area (Å²) in [5.74, 6) is 0.477. The lowest BCUT2D eigenvalue weighted by molar-refractivity contribution is -0.137. The average molecular weight is 333 g/mol. The number of carbonyl (C=O) groups excluding carboxylic acids is 1. The van der Waals surface area contributed by atoms with E-state index in [0.717, 1.165) is 11.3 Å². The number of benzene rings is 1. The molecule has 1 aromatic heterocycles. The summed E-state index contributed by atoms with van der Waals surface area (Å²) in [6.45, 7) is 2.14. The van der Waals surface area contributed by atoms with Crippen molar-refractivity contribution < 1.29 is 14.7 Å². The molecule has 0 bridgehead atoms. The summed E-state index contributed by atoms with van der Waals surface area (Å²) in [5.41, 5.74) is 0.942. The van der Waals surface area contributed by atoms with Crippen LogP contribution in [-0.2, 0) is 29.1 Å². The van der Waals surface area contributed by atoms with Crippen LogP contribution in [0.3, 0.4) is 0 Å². The smallest absolute Gasteiger partial charge is 0.323 e. The summed E-state index contributed by atoms with van der Waals surface area (Å²) in [5, 5.41) is 11.6. The van der Waals surface area contributed by atoms with Crippen molar-refractivity contribution in [3.63, 3.8) is 0 Å². The van der Waals surface area contributed by atoms with Crippen LogP contribution < -0.4 is 5.32 Å². The molecule has 1 heterocycles. The number of thioether (sulfide) groups is 1. The van der Waals surface area contributed by atoms with Crippen molar-refractivity contribution in [2.75, 3.05) is 5.75 Å². The van der Waals surface area contributed by atoms with Gasteiger partial charge < -0.3 is 15.0 Å². The summed E-state index contributed by atoms with van der Waals surface area (Å²) in [6.07, 6.45) is 3.39. The number of hydrogen-bond donors (Lipinski definition) is 2. The van der Waals surface area contributed by atoms with Crippen molar-refractivity contribution >= 4 is 23.6 Å². The Hall–Kier alpha value is -2.28. The molecule has 0 saturated heterocycles. The zero-order chi connectivity index (χ0) is 16.7. The first-order valence-corrected chi connectivity index (χ1v) is 8.27. The molecule has 2 aromatic rings. The predicted molar refractivity (Wildman–Crippen MR) is 88.3 cm³/mol. The Bertz CT molecular complexity index is 667. The lowest BCUT2D eigenvalue weighted by Gasteiger charge is -2.07. The van der Waals surface area contributed by atoms with Crippen LogP contribution in [0.15, 0.2) is 41.6 Å². The van der Waals surface area contributed by atoms with Gasteiger partial charge in [0.1, 0.15) is 12.4 Å². The number of nitrogens with zero attached hydrogens (tertiary/aromatic N) is 2. The first-order chi connectivity index (χ1) is 11.1. The van der Waals surface area contributed by atoms with Crippen molar-refractivity contribution in [2.45, 2.75) is 31.3 Å². The topological polar surface area (TPSA) is 84.2 Å². The standard InChI is InChI=1S/C16H19N3O3S/c1-2-23-13-5-3-12(4-6-13)9-15(20)18-10-14-17-7-8-19(14)11-16(21)22/h3-8H,2,9-11H2,1H3,(H,18,20)(H,21,22). The number of imidazole rings is 1. The lowest BCUT2D eigenvalue weighted by Crippen LogP contribution is -2.26. The van der Waals surface area contributed by atoms with Gasteiger partial charge in [-0.25, -0.2) is 4.98 Å². The van der Waals surface area contributed by atoms with Gasteiger partial charge in [-0.2, -0.15) is 0 Å². The Morgan fingerprint density at radius 2 is 2.04 bits per heavy atom. The Kier molecular flexibility index (Phi) is 6.22. The molecule has 0 radical (unpaired) electrons. The first-order valence-electron chi connectivity index (χ1n) is 7.28. The molecule has 0 spiro atoms. The molecule has 122 valence electrons. The van der Waals surface area contributed by atoms with E-state index in [1.807, 2.05) is 24.3 Å². The van der Waals surface area contributed by atoms with E-state index >= 15 is 0 Å². The van der Waals surface area contributed by atoms with Crippen LogP contribution in [0.2, 0.25) is 0 Å². The molecule has 2 N–H and O–H groups in total. The third kappa shape index (κ3) is 5.45. The monoisotopic (exact) mass is 333 g/mol. The highest BCUT2D eigenvalue weighted by Gasteiger charge is 2.09. The number of aromatic nitrogens is 2. The van der Waals surface area contributed by atoms with Crippen molar-refractivity contribution in [2.24, 2.45) is 0 Å². The molecule has 0 aliphatic heterocycles. The van der Waals surface area contributed by atoms with Gasteiger partial charge in [-0.3, -0.25) is 9.59 Å². The SMILES string of the molecule is CCSc1ccc(CC(=O)NCc2nccn2CC(=O)O)cc1. The predicted octanol–water partition coefficient (Wildman–Crippen LogP) is 1.94. The number of carboxylic acid groups (broad SMARTS) is 1. The number of nitrogens with one attached hydrogen (secondary N) is 1. The fourth-order valence-corrected chi connectivity index (χ4v) is 2.75. The van der Waals surface area contributed by atoms with E-state index in [4.69, 9.17) is 5.11 Å². The molecule has 0 fully saturated rings. The van der Waals surface area contributed by atoms with Crippen LogP contribution in [0.4, 0.5) is 0 Å². The largest absolute Gasteiger partial charge is 0.480 e. The minimum atomic E-state index is -0.944. The molecule has 0 aliphatic rings. The third-order valence-corrected chi connectivity index (χ3v) is 4.04. The van der Waals surface area contributed by atoms with Crippen LogP contribution in [0, 0.1) is 0 Å². The maximum atomic E-state index is 12.0. The van der Waals surface area contributed by atoms with Crippen LogP contribution in [0.1, 0.15) is 18.3 Å². The molecule has 0 unspecified atom stereocenters. The van der Waals surface area contributed by atoms with E-state index in [1.165, 1.54) is 15.7 Å². The zero-order valence-electron chi connectivity index (χ0n) is 12.9. The number of carboxylic acids is 1. The van der Waals surface area contributed by atoms with Crippen molar-refractivity contribution in [1.82, 2.24) is 14.9 Å². The van der Waals surface area contributed by atoms with Gasteiger partial charge in [0, 0.05) is 17.3 Å². The van der Waals surface area contributed by atoms with E-state index in [0.29, 0.717) is 5.82 Å². The number of rotatable bonds is 8. The molecule has 7 heteroatoms. The second-order valence-corrected chi connectivity index (χ2v) is 6.23. The highest BCUT2D eigenvalue weighted by atomic mass is 32.2. The second kappa shape index (κ2) is 8.38. The molecule has 2 rings (SSSR count). The normalized spacial score (nSPS) is 10.5. The van der Waals surface area contributed by atoms with E-state index in [2.05, 4.69) is 17.2 Å². The Morgan fingerprint density at radius 1 is 1.30 bits per heavy atom. The van der Waals surface area contributed by atoms with Gasteiger partial charge in [0.25, 0.3) is 0 Å². The second-order valence-electron chi connectivity index (χ2n) is 4.90. The van der Waals surface area contributed by atoms with E-state index < -0.39 is 5.97 Å². The Labute approximate surface area is 138 Å². The molecule has 23 heavy (non-hydrogen) atoms. The minimum absolute atomic E-state index is 0.120. The van der Waals surface area contributed by atoms with Crippen LogP contribution in [-0.4, -0.2) is 32.3 Å². The van der Waals surface area contributed by atoms with Crippen molar-refractivity contribution in [3.05, 3.63) is 48.0 Å². The van der Waals surface area contributed by atoms with Crippen molar-refractivity contribution in [1.29, 1.82) is 0 Å². The van der Waals surface area contributed by atoms with Crippen LogP contribution >= 0.6 is 11.8 Å². The van der Waals surface area contributed by atoms with E-state index in [-0.39, 0.29) is 25.4 Å². The zero-order valence-corrected chi connectivity index (χ0v) is 13.7. The Balaban J connectivity index is 1.85. The number of hydrogen-bond acceptors (Lipinski definition) is 4. The van der Waals surface area contributed by atoms with Gasteiger partial charge in [-0.05, 0) is 23.4 Å². The van der Waals surface area contributed by atoms with Crippen molar-refractivity contribution in [3.8, 4) is 0 Å². The van der Waals surface area contributed by atoms with E-state index in [1.54, 1.807) is 18.0 Å². The number of carbonyl (C=O) groups is 2. The maximum absolute atomic E-state index is 12.0. The molecular formula is C16H19N3O3S. The quantitative estimate of drug-likeness (QED) is 0.721. The summed E-state index contributed by atoms with van der Waals surface area (Å²) in [6, 6.07) is 7.92. The van der Waals surface area contributed by atoms with Gasteiger partial charge in [0.2, 0.25) is 5.91 Å². The summed E-state index contributed by atoms with van der Waals surface area (Å²) in [4.78, 5) is 28.0. The summed E-state index contributed by atoms with van der Waals surface area (Å²) >= 11 is 1.76. The summed E-state index contributed by atoms with van der Waals surface area (Å²) in [7, 11) is 0. The third-order valence-electron chi connectivity index (χ3n) is 3.15. The molecule has 0 aliphatic carbocycles. The minimum Gasteiger partial charge on any atom is -0.480 e. The van der Waals surface area contributed by atoms with E-state index in [9.17, 15) is 9.59 Å². The Morgan fingerprint density at radius 3 is 2.70 bits per heavy atom. The highest BCUT2D eigenvalue weighted by Crippen LogP contribution is 2.17. The van der Waals surface area contributed by atoms with Gasteiger partial charge >= 0.3 is 5.97 Å². The fraction of sp³-hybridized carbons (Fsp3) is 0.312. The fourth-order valence-electron chi connectivity index (χ4n) is 2.09. The van der Waals surface area contributed by atoms with Gasteiger partial charge in [-0.15, -0.1) is 11.8 Å². The lowest BCUT2D eigenvalue weighted by atomic mass is 10.1. The molecule has 6 nitrogen and oxygen atoms in total. The average Bonchev–Trinajstić information content (AvgIpc) is 2.94. The van der Waals surface area contributed by atoms with Gasteiger partial charge in [0.05, 0.1) is 13.0 Å². The highest BCUT2D eigenvalue weighted by molar-refractivity contribution is 7.99. The van der Waals surface area contributed by atoms with Gasteiger partial charge in [-0.1, -0.05) is 19.1 Å². The van der Waals surface area contributed by atoms with Gasteiger partial charge in [0.15, 0.2) is 0 Å². The molecule has 1 aromatic carbocycles. The molecule has 0 atom stereocenters. The maximum Gasteiger partial charge on any atom is 0.323 e. The first kappa shape index (κ1) is 17.1. The summed E-state index contributed by atoms with van der Waals surface area (Å²) < 4.78 is 1.50. The molecule has 0 saturated carbocycles. The number of aliphatic carboxylic acids is 1. The molecular weight excluding hydrogens is 314 g/mol. The number of amides is 1. The molecule has 1 amide bonds. The van der Waals surface area contributed by atoms with Crippen LogP contribution in [0.5, 0.6) is 0 Å². The van der Waals surface area contributed by atoms with Crippen LogP contribution in [0.25, 0.3) is 0 Å².